The van der Waals surface area contributed by atoms with Gasteiger partial charge in [0.15, 0.2) is 5.65 Å². The molecule has 4 heterocycles. The Bertz CT molecular complexity index is 1360. The first-order valence-corrected chi connectivity index (χ1v) is 12.2. The van der Waals surface area contributed by atoms with Crippen LogP contribution in [0.25, 0.3) is 5.65 Å². The lowest BCUT2D eigenvalue weighted by atomic mass is 9.97. The van der Waals surface area contributed by atoms with Crippen molar-refractivity contribution in [1.82, 2.24) is 19.5 Å². The van der Waals surface area contributed by atoms with Gasteiger partial charge in [0.25, 0.3) is 11.8 Å². The summed E-state index contributed by atoms with van der Waals surface area (Å²) in [6, 6.07) is 7.82. The minimum absolute atomic E-state index is 0.0116. The molecule has 0 saturated carbocycles. The highest BCUT2D eigenvalue weighted by Gasteiger charge is 2.32. The third kappa shape index (κ3) is 4.62. The van der Waals surface area contributed by atoms with E-state index in [1.165, 1.54) is 6.20 Å². The molecule has 0 unspecified atom stereocenters. The van der Waals surface area contributed by atoms with E-state index in [0.29, 0.717) is 55.1 Å². The molecule has 2 aromatic heterocycles. The number of nitrogens with one attached hydrogen (secondary N) is 1. The summed E-state index contributed by atoms with van der Waals surface area (Å²) < 4.78 is 1.55. The van der Waals surface area contributed by atoms with E-state index in [1.807, 2.05) is 12.1 Å². The van der Waals surface area contributed by atoms with E-state index >= 15 is 0 Å². The zero-order valence-corrected chi connectivity index (χ0v) is 20.4. The lowest BCUT2D eigenvalue weighted by molar-refractivity contribution is 0.0517. The van der Waals surface area contributed by atoms with Gasteiger partial charge in [-0.3, -0.25) is 9.59 Å². The monoisotopic (exact) mass is 487 g/mol. The normalized spacial score (nSPS) is 16.3. The highest BCUT2D eigenvalue weighted by atomic mass is 16.3. The van der Waals surface area contributed by atoms with E-state index in [0.717, 1.165) is 24.1 Å². The number of rotatable bonds is 6. The predicted molar refractivity (Wildman–Crippen MR) is 134 cm³/mol. The van der Waals surface area contributed by atoms with Crippen molar-refractivity contribution in [2.45, 2.75) is 45.3 Å². The molecule has 5 rings (SSSR count). The lowest BCUT2D eigenvalue weighted by Gasteiger charge is -2.32. The molecule has 2 aliphatic heterocycles. The number of aromatic nitrogens is 3. The van der Waals surface area contributed by atoms with Crippen LogP contribution in [0.1, 0.15) is 59.4 Å². The van der Waals surface area contributed by atoms with E-state index in [4.69, 9.17) is 0 Å². The van der Waals surface area contributed by atoms with Crippen molar-refractivity contribution in [2.24, 2.45) is 5.92 Å². The van der Waals surface area contributed by atoms with Gasteiger partial charge in [-0.25, -0.2) is 9.50 Å². The maximum absolute atomic E-state index is 13.3. The second kappa shape index (κ2) is 9.24. The van der Waals surface area contributed by atoms with E-state index in [2.05, 4.69) is 26.4 Å². The fourth-order valence-electron chi connectivity index (χ4n) is 4.79. The summed E-state index contributed by atoms with van der Waals surface area (Å²) in [7, 11) is 0. The molecule has 2 aliphatic rings. The van der Waals surface area contributed by atoms with E-state index in [1.54, 1.807) is 41.7 Å². The second-order valence-corrected chi connectivity index (χ2v) is 10.1. The van der Waals surface area contributed by atoms with Gasteiger partial charge in [-0.05, 0) is 56.9 Å². The van der Waals surface area contributed by atoms with Crippen molar-refractivity contribution in [2.75, 3.05) is 29.9 Å². The van der Waals surface area contributed by atoms with Gasteiger partial charge in [-0.1, -0.05) is 0 Å². The Hall–Kier alpha value is -3.97. The Kier molecular flexibility index (Phi) is 6.10. The molecule has 0 atom stereocenters. The third-order valence-corrected chi connectivity index (χ3v) is 6.88. The molecule has 2 N–H and O–H groups in total. The van der Waals surface area contributed by atoms with Crippen molar-refractivity contribution in [1.29, 1.82) is 5.26 Å². The largest absolute Gasteiger partial charge is 0.390 e. The van der Waals surface area contributed by atoms with Crippen LogP contribution < -0.4 is 10.2 Å². The molecule has 3 aromatic rings. The lowest BCUT2D eigenvalue weighted by Crippen LogP contribution is -2.34. The van der Waals surface area contributed by atoms with Gasteiger partial charge in [0.05, 0.1) is 29.2 Å². The summed E-state index contributed by atoms with van der Waals surface area (Å²) in [5.41, 5.74) is 2.77. The molecule has 0 spiro atoms. The number of benzene rings is 1. The van der Waals surface area contributed by atoms with Crippen molar-refractivity contribution in [3.63, 3.8) is 0 Å². The SMILES string of the molecule is CC(C)(O)CCN1Cc2cc(NC(=O)c3cnn4cccnc34)c(N3CCC(C#N)CC3)cc2C1=O. The number of aliphatic hydroxyl groups is 1. The molecule has 1 saturated heterocycles. The van der Waals surface area contributed by atoms with E-state index in [-0.39, 0.29) is 17.7 Å². The number of amides is 2. The first kappa shape index (κ1) is 23.8. The van der Waals surface area contributed by atoms with Crippen LogP contribution >= 0.6 is 0 Å². The summed E-state index contributed by atoms with van der Waals surface area (Å²) in [5.74, 6) is -0.398. The molecule has 10 heteroatoms. The zero-order valence-electron chi connectivity index (χ0n) is 20.4. The number of fused-ring (bicyclic) bond motifs is 2. The fraction of sp³-hybridized carbons (Fsp3) is 0.423. The Morgan fingerprint density at radius 2 is 2.08 bits per heavy atom. The molecule has 1 aromatic carbocycles. The smallest absolute Gasteiger partial charge is 0.261 e. The Morgan fingerprint density at radius 1 is 1.31 bits per heavy atom. The highest BCUT2D eigenvalue weighted by Crippen LogP contribution is 2.37. The minimum atomic E-state index is -0.868. The maximum Gasteiger partial charge on any atom is 0.261 e. The Balaban J connectivity index is 1.47. The number of carbonyl (C=O) groups is 2. The van der Waals surface area contributed by atoms with E-state index in [9.17, 15) is 20.0 Å². The molecule has 0 aliphatic carbocycles. The summed E-state index contributed by atoms with van der Waals surface area (Å²) >= 11 is 0. The van der Waals surface area contributed by atoms with Crippen molar-refractivity contribution in [3.05, 3.63) is 53.5 Å². The predicted octanol–water partition coefficient (Wildman–Crippen LogP) is 2.84. The average Bonchev–Trinajstić information content (AvgIpc) is 3.43. The fourth-order valence-corrected chi connectivity index (χ4v) is 4.79. The van der Waals surface area contributed by atoms with Crippen molar-refractivity contribution >= 4 is 28.8 Å². The third-order valence-electron chi connectivity index (χ3n) is 6.88. The second-order valence-electron chi connectivity index (χ2n) is 10.1. The van der Waals surface area contributed by atoms with Crippen molar-refractivity contribution < 1.29 is 14.7 Å². The van der Waals surface area contributed by atoms with Crippen LogP contribution in [-0.2, 0) is 6.54 Å². The summed E-state index contributed by atoms with van der Waals surface area (Å²) in [6.45, 7) is 5.64. The van der Waals surface area contributed by atoms with Gasteiger partial charge in [-0.2, -0.15) is 10.4 Å². The first-order chi connectivity index (χ1) is 17.2. The van der Waals surface area contributed by atoms with Gasteiger partial charge >= 0.3 is 0 Å². The number of piperidine rings is 1. The van der Waals surface area contributed by atoms with Crippen LogP contribution in [0.4, 0.5) is 11.4 Å². The van der Waals surface area contributed by atoms with E-state index < -0.39 is 5.60 Å². The Labute approximate surface area is 209 Å². The summed E-state index contributed by atoms with van der Waals surface area (Å²) in [6.07, 6.45) is 6.75. The number of nitriles is 1. The van der Waals surface area contributed by atoms with Crippen molar-refractivity contribution in [3.8, 4) is 6.07 Å². The topological polar surface area (TPSA) is 127 Å². The summed E-state index contributed by atoms with van der Waals surface area (Å²) in [4.78, 5) is 34.6. The number of nitrogens with zero attached hydrogens (tertiary/aromatic N) is 6. The minimum Gasteiger partial charge on any atom is -0.390 e. The molecule has 1 fully saturated rings. The highest BCUT2D eigenvalue weighted by molar-refractivity contribution is 6.10. The van der Waals surface area contributed by atoms with Gasteiger partial charge in [-0.15, -0.1) is 0 Å². The molecular weight excluding hydrogens is 458 g/mol. The molecule has 0 radical (unpaired) electrons. The summed E-state index contributed by atoms with van der Waals surface area (Å²) in [5, 5.41) is 26.7. The molecule has 36 heavy (non-hydrogen) atoms. The van der Waals surface area contributed by atoms with Crippen LogP contribution in [0.2, 0.25) is 0 Å². The van der Waals surface area contributed by atoms with Crippen LogP contribution in [0.5, 0.6) is 0 Å². The number of carbonyl (C=O) groups excluding carboxylic acids is 2. The standard InChI is InChI=1S/C26H29N7O3/c1-26(2,36)6-11-32-16-18-12-21(30-24(34)20-15-29-33-8-3-7-28-23(20)33)22(13-19(18)25(32)35)31-9-4-17(14-27)5-10-31/h3,7-8,12-13,15,17,36H,4-6,9-11,16H2,1-2H3,(H,30,34). The molecule has 186 valence electrons. The number of anilines is 2. The zero-order chi connectivity index (χ0) is 25.4. The van der Waals surface area contributed by atoms with Crippen LogP contribution in [0.3, 0.4) is 0 Å². The van der Waals surface area contributed by atoms with Gasteiger partial charge in [0.2, 0.25) is 0 Å². The number of hydrogen-bond donors (Lipinski definition) is 2. The molecule has 0 bridgehead atoms. The van der Waals surface area contributed by atoms with Crippen LogP contribution in [-0.4, -0.2) is 61.7 Å². The van der Waals surface area contributed by atoms with Gasteiger partial charge < -0.3 is 20.2 Å². The number of hydrogen-bond acceptors (Lipinski definition) is 7. The van der Waals surface area contributed by atoms with Crippen LogP contribution in [0, 0.1) is 17.2 Å². The van der Waals surface area contributed by atoms with Crippen LogP contribution in [0.15, 0.2) is 36.8 Å². The van der Waals surface area contributed by atoms with Gasteiger partial charge in [0.1, 0.15) is 5.56 Å². The maximum atomic E-state index is 13.3. The molecule has 10 nitrogen and oxygen atoms in total. The quantitative estimate of drug-likeness (QED) is 0.547. The molecular formula is C26H29N7O3. The molecule has 2 amide bonds. The van der Waals surface area contributed by atoms with Gasteiger partial charge in [0, 0.05) is 50.1 Å². The first-order valence-electron chi connectivity index (χ1n) is 12.2. The average molecular weight is 488 g/mol. The Morgan fingerprint density at radius 3 is 2.81 bits per heavy atom.